The first-order valence-electron chi connectivity index (χ1n) is 4.78. The molecule has 0 bridgehead atoms. The molecular weight excluding hydrogens is 214 g/mol. The van der Waals surface area contributed by atoms with Gasteiger partial charge >= 0.3 is 12.0 Å². The Morgan fingerprint density at radius 1 is 1.69 bits per heavy atom. The van der Waals surface area contributed by atoms with Gasteiger partial charge in [0.15, 0.2) is 0 Å². The number of carboxylic acids is 1. The Bertz CT molecular complexity index is 416. The van der Waals surface area contributed by atoms with E-state index in [1.165, 1.54) is 4.68 Å². The van der Waals surface area contributed by atoms with Crippen LogP contribution in [0.25, 0.3) is 0 Å². The van der Waals surface area contributed by atoms with Crippen LogP contribution < -0.4 is 10.6 Å². The molecule has 1 aromatic heterocycles. The summed E-state index contributed by atoms with van der Waals surface area (Å²) in [6, 6.07) is -0.234. The number of hydrogen-bond acceptors (Lipinski definition) is 4. The summed E-state index contributed by atoms with van der Waals surface area (Å²) in [5.41, 5.74) is 0.407. The minimum Gasteiger partial charge on any atom is -0.481 e. The Kier molecular flexibility index (Phi) is 2.71. The smallest absolute Gasteiger partial charge is 0.315 e. The molecule has 1 aliphatic rings. The first-order chi connectivity index (χ1) is 7.63. The second-order valence-corrected chi connectivity index (χ2v) is 3.55. The molecule has 2 amide bonds. The Hall–Kier alpha value is -2.12. The maximum Gasteiger partial charge on any atom is 0.315 e. The second kappa shape index (κ2) is 4.17. The summed E-state index contributed by atoms with van der Waals surface area (Å²) in [6.07, 6.45) is 1.42. The number of aromatic nitrogens is 3. The molecule has 0 saturated carbocycles. The molecule has 1 fully saturated rings. The lowest BCUT2D eigenvalue weighted by molar-refractivity contribution is -0.136. The van der Waals surface area contributed by atoms with Crippen molar-refractivity contribution in [1.82, 2.24) is 25.6 Å². The zero-order valence-electron chi connectivity index (χ0n) is 8.38. The first-order valence-corrected chi connectivity index (χ1v) is 4.78. The fourth-order valence-electron chi connectivity index (χ4n) is 1.50. The van der Waals surface area contributed by atoms with Crippen molar-refractivity contribution in [2.75, 3.05) is 6.54 Å². The van der Waals surface area contributed by atoms with E-state index in [9.17, 15) is 9.59 Å². The van der Waals surface area contributed by atoms with Crippen LogP contribution in [0.2, 0.25) is 0 Å². The quantitative estimate of drug-likeness (QED) is 0.583. The van der Waals surface area contributed by atoms with Crippen LogP contribution in [0, 0.1) is 0 Å². The largest absolute Gasteiger partial charge is 0.481 e. The van der Waals surface area contributed by atoms with Crippen molar-refractivity contribution < 1.29 is 14.7 Å². The molecule has 0 aliphatic carbocycles. The molecule has 2 rings (SSSR count). The van der Waals surface area contributed by atoms with Gasteiger partial charge in [0.1, 0.15) is 0 Å². The van der Waals surface area contributed by atoms with E-state index in [1.807, 2.05) is 0 Å². The van der Waals surface area contributed by atoms with E-state index in [1.54, 1.807) is 6.20 Å². The molecule has 0 unspecified atom stereocenters. The predicted molar refractivity (Wildman–Crippen MR) is 51.7 cm³/mol. The highest BCUT2D eigenvalue weighted by Crippen LogP contribution is 1.98. The van der Waals surface area contributed by atoms with Gasteiger partial charge in [-0.2, -0.15) is 0 Å². The molecule has 0 aromatic carbocycles. The van der Waals surface area contributed by atoms with Crippen molar-refractivity contribution in [3.05, 3.63) is 11.9 Å². The maximum absolute atomic E-state index is 10.8. The number of rotatable bonds is 4. The van der Waals surface area contributed by atoms with Crippen molar-refractivity contribution in [1.29, 1.82) is 0 Å². The van der Waals surface area contributed by atoms with E-state index in [-0.39, 0.29) is 18.5 Å². The summed E-state index contributed by atoms with van der Waals surface area (Å²) >= 11 is 0. The summed E-state index contributed by atoms with van der Waals surface area (Å²) in [5.74, 6) is -0.942. The number of urea groups is 1. The summed E-state index contributed by atoms with van der Waals surface area (Å²) in [7, 11) is 0. The van der Waals surface area contributed by atoms with E-state index >= 15 is 0 Å². The summed E-state index contributed by atoms with van der Waals surface area (Å²) in [6.45, 7) is 1.01. The van der Waals surface area contributed by atoms with Gasteiger partial charge in [-0.1, -0.05) is 5.21 Å². The van der Waals surface area contributed by atoms with Gasteiger partial charge in [-0.15, -0.1) is 5.10 Å². The Balaban J connectivity index is 1.92. The summed E-state index contributed by atoms with van der Waals surface area (Å²) in [5, 5.41) is 21.4. The zero-order valence-corrected chi connectivity index (χ0v) is 8.38. The molecule has 2 heterocycles. The standard InChI is InChI=1S/C8H11N5O3/c14-7(15)1-5-3-13(12-11-5)4-6-2-9-8(16)10-6/h3,6H,1-2,4H2,(H,14,15)(H2,9,10,16)/t6-/m0/s1. The fraction of sp³-hybridized carbons (Fsp3) is 0.500. The van der Waals surface area contributed by atoms with Crippen LogP contribution in [0.5, 0.6) is 0 Å². The summed E-state index contributed by atoms with van der Waals surface area (Å²) < 4.78 is 1.52. The normalized spacial score (nSPS) is 19.2. The third-order valence-corrected chi connectivity index (χ3v) is 2.17. The van der Waals surface area contributed by atoms with Crippen LogP contribution in [0.15, 0.2) is 6.20 Å². The number of carbonyl (C=O) groups excluding carboxylic acids is 1. The van der Waals surface area contributed by atoms with Crippen LogP contribution >= 0.6 is 0 Å². The predicted octanol–water partition coefficient (Wildman–Crippen LogP) is -1.41. The fourth-order valence-corrected chi connectivity index (χ4v) is 1.50. The zero-order chi connectivity index (χ0) is 11.5. The highest BCUT2D eigenvalue weighted by Gasteiger charge is 2.20. The van der Waals surface area contributed by atoms with Gasteiger partial charge < -0.3 is 15.7 Å². The lowest BCUT2D eigenvalue weighted by atomic mass is 10.3. The molecule has 1 aliphatic heterocycles. The molecular formula is C8H11N5O3. The first kappa shape index (κ1) is 10.4. The molecule has 1 atom stereocenters. The van der Waals surface area contributed by atoms with Gasteiger partial charge in [-0.05, 0) is 0 Å². The molecule has 16 heavy (non-hydrogen) atoms. The van der Waals surface area contributed by atoms with Crippen molar-refractivity contribution >= 4 is 12.0 Å². The van der Waals surface area contributed by atoms with Crippen LogP contribution in [0.4, 0.5) is 4.79 Å². The average Bonchev–Trinajstić information content (AvgIpc) is 2.76. The minimum atomic E-state index is -0.942. The van der Waals surface area contributed by atoms with Gasteiger partial charge in [0.25, 0.3) is 0 Å². The topological polar surface area (TPSA) is 109 Å². The molecule has 0 radical (unpaired) electrons. The van der Waals surface area contributed by atoms with Crippen LogP contribution in [0.1, 0.15) is 5.69 Å². The molecule has 8 nitrogen and oxygen atoms in total. The highest BCUT2D eigenvalue weighted by atomic mass is 16.4. The third-order valence-electron chi connectivity index (χ3n) is 2.17. The third kappa shape index (κ3) is 2.47. The Morgan fingerprint density at radius 2 is 2.50 bits per heavy atom. The van der Waals surface area contributed by atoms with Crippen LogP contribution in [-0.2, 0) is 17.8 Å². The van der Waals surface area contributed by atoms with Gasteiger partial charge in [0.2, 0.25) is 0 Å². The molecule has 0 spiro atoms. The molecule has 8 heteroatoms. The minimum absolute atomic E-state index is 0.0353. The van der Waals surface area contributed by atoms with Crippen molar-refractivity contribution in [3.63, 3.8) is 0 Å². The number of carboxylic acid groups (broad SMARTS) is 1. The van der Waals surface area contributed by atoms with Crippen LogP contribution in [-0.4, -0.2) is 44.7 Å². The Morgan fingerprint density at radius 3 is 3.12 bits per heavy atom. The number of amides is 2. The lowest BCUT2D eigenvalue weighted by Gasteiger charge is -2.06. The number of nitrogens with one attached hydrogen (secondary N) is 2. The molecule has 1 aromatic rings. The highest BCUT2D eigenvalue weighted by molar-refractivity contribution is 5.76. The van der Waals surface area contributed by atoms with Gasteiger partial charge in [-0.3, -0.25) is 9.48 Å². The van der Waals surface area contributed by atoms with Gasteiger partial charge in [-0.25, -0.2) is 4.79 Å². The number of hydrogen-bond donors (Lipinski definition) is 3. The van der Waals surface area contributed by atoms with Crippen LogP contribution in [0.3, 0.4) is 0 Å². The number of carbonyl (C=O) groups is 2. The molecule has 86 valence electrons. The molecule has 1 saturated heterocycles. The summed E-state index contributed by atoms with van der Waals surface area (Å²) in [4.78, 5) is 21.3. The van der Waals surface area contributed by atoms with E-state index in [0.717, 1.165) is 0 Å². The van der Waals surface area contributed by atoms with E-state index in [4.69, 9.17) is 5.11 Å². The Labute approximate surface area is 90.6 Å². The van der Waals surface area contributed by atoms with Crippen molar-refractivity contribution in [3.8, 4) is 0 Å². The number of aliphatic carboxylic acids is 1. The van der Waals surface area contributed by atoms with E-state index in [0.29, 0.717) is 18.8 Å². The maximum atomic E-state index is 10.8. The average molecular weight is 225 g/mol. The van der Waals surface area contributed by atoms with Crippen molar-refractivity contribution in [2.45, 2.75) is 19.0 Å². The van der Waals surface area contributed by atoms with Gasteiger partial charge in [0.05, 0.1) is 24.7 Å². The van der Waals surface area contributed by atoms with Crippen molar-refractivity contribution in [2.24, 2.45) is 0 Å². The SMILES string of the molecule is O=C(O)Cc1cn(C[C@@H]2CNC(=O)N2)nn1. The van der Waals surface area contributed by atoms with E-state index in [2.05, 4.69) is 20.9 Å². The van der Waals surface area contributed by atoms with Gasteiger partial charge in [0, 0.05) is 12.7 Å². The molecule has 3 N–H and O–H groups in total. The number of nitrogens with zero attached hydrogens (tertiary/aromatic N) is 3. The monoisotopic (exact) mass is 225 g/mol. The second-order valence-electron chi connectivity index (χ2n) is 3.55. The lowest BCUT2D eigenvalue weighted by Crippen LogP contribution is -2.31. The van der Waals surface area contributed by atoms with E-state index < -0.39 is 5.97 Å².